The summed E-state index contributed by atoms with van der Waals surface area (Å²) in [7, 11) is 0. The Balaban J connectivity index is 2.88. The molecule has 0 aromatic heterocycles. The van der Waals surface area contributed by atoms with Crippen molar-refractivity contribution >= 4 is 21.6 Å². The predicted octanol–water partition coefficient (Wildman–Crippen LogP) is 1.41. The van der Waals surface area contributed by atoms with Gasteiger partial charge in [-0.05, 0) is 25.1 Å². The molecule has 0 saturated heterocycles. The molecule has 1 aromatic carbocycles. The highest BCUT2D eigenvalue weighted by Crippen LogP contribution is 2.25. The number of nitrogen functional groups attached to an aromatic ring is 1. The molecule has 3 nitrogen and oxygen atoms in total. The number of aliphatic hydroxyl groups is 1. The van der Waals surface area contributed by atoms with Gasteiger partial charge >= 0.3 is 0 Å². The minimum Gasteiger partial charge on any atom is -0.398 e. The lowest BCUT2D eigenvalue weighted by atomic mass is 10.1. The van der Waals surface area contributed by atoms with Crippen molar-refractivity contribution in [1.82, 2.24) is 0 Å². The molecule has 0 aliphatic rings. The summed E-state index contributed by atoms with van der Waals surface area (Å²) in [6.45, 7) is 0.455. The summed E-state index contributed by atoms with van der Waals surface area (Å²) in [5.74, 6) is 0. The Bertz CT molecular complexity index is 291. The van der Waals surface area contributed by atoms with Gasteiger partial charge in [0.15, 0.2) is 0 Å². The van der Waals surface area contributed by atoms with Crippen LogP contribution in [0.5, 0.6) is 0 Å². The zero-order valence-electron chi connectivity index (χ0n) is 7.20. The smallest absolute Gasteiger partial charge is 0.0821 e. The van der Waals surface area contributed by atoms with E-state index in [2.05, 4.69) is 15.9 Å². The Morgan fingerprint density at radius 2 is 2.15 bits per heavy atom. The summed E-state index contributed by atoms with van der Waals surface area (Å²) >= 11 is 3.30. The molecular weight excluding hydrogens is 232 g/mol. The molecule has 4 heteroatoms. The minimum atomic E-state index is -0.557. The van der Waals surface area contributed by atoms with E-state index in [4.69, 9.17) is 11.5 Å². The number of rotatable bonds is 3. The number of halogens is 1. The van der Waals surface area contributed by atoms with Gasteiger partial charge in [0.25, 0.3) is 0 Å². The zero-order valence-corrected chi connectivity index (χ0v) is 8.79. The number of aliphatic hydroxyl groups excluding tert-OH is 1. The Morgan fingerprint density at radius 3 is 2.69 bits per heavy atom. The van der Waals surface area contributed by atoms with Gasteiger partial charge in [-0.25, -0.2) is 0 Å². The van der Waals surface area contributed by atoms with E-state index >= 15 is 0 Å². The van der Waals surface area contributed by atoms with Gasteiger partial charge in [-0.2, -0.15) is 0 Å². The molecular formula is C9H13BrN2O. The first kappa shape index (κ1) is 10.5. The van der Waals surface area contributed by atoms with Crippen molar-refractivity contribution in [2.45, 2.75) is 12.5 Å². The molecule has 0 spiro atoms. The van der Waals surface area contributed by atoms with Crippen LogP contribution < -0.4 is 11.5 Å². The van der Waals surface area contributed by atoms with E-state index in [1.807, 2.05) is 6.07 Å². The molecule has 0 amide bonds. The van der Waals surface area contributed by atoms with Crippen molar-refractivity contribution in [3.8, 4) is 0 Å². The molecule has 1 atom stereocenters. The monoisotopic (exact) mass is 244 g/mol. The highest BCUT2D eigenvalue weighted by Gasteiger charge is 2.09. The summed E-state index contributed by atoms with van der Waals surface area (Å²) in [5, 5.41) is 9.62. The lowest BCUT2D eigenvalue weighted by molar-refractivity contribution is 0.171. The van der Waals surface area contributed by atoms with Crippen LogP contribution in [0.3, 0.4) is 0 Å². The molecule has 72 valence electrons. The third-order valence-corrected chi connectivity index (χ3v) is 2.34. The molecule has 1 rings (SSSR count). The first-order chi connectivity index (χ1) is 6.15. The van der Waals surface area contributed by atoms with Crippen LogP contribution in [0.2, 0.25) is 0 Å². The Morgan fingerprint density at radius 1 is 1.46 bits per heavy atom. The average Bonchev–Trinajstić information content (AvgIpc) is 2.04. The Kier molecular flexibility index (Phi) is 3.71. The summed E-state index contributed by atoms with van der Waals surface area (Å²) in [6, 6.07) is 5.43. The summed E-state index contributed by atoms with van der Waals surface area (Å²) in [4.78, 5) is 0. The number of hydrogen-bond acceptors (Lipinski definition) is 3. The molecule has 0 aliphatic carbocycles. The van der Waals surface area contributed by atoms with Crippen molar-refractivity contribution < 1.29 is 5.11 Å². The zero-order chi connectivity index (χ0) is 9.84. The van der Waals surface area contributed by atoms with Gasteiger partial charge in [0.2, 0.25) is 0 Å². The van der Waals surface area contributed by atoms with E-state index in [0.29, 0.717) is 18.7 Å². The van der Waals surface area contributed by atoms with Crippen LogP contribution in [0.25, 0.3) is 0 Å². The van der Waals surface area contributed by atoms with Crippen molar-refractivity contribution in [2.24, 2.45) is 5.73 Å². The SMILES string of the molecule is NCCC(O)c1ccc(Br)cc1N. The molecule has 0 radical (unpaired) electrons. The molecule has 1 aromatic rings. The van der Waals surface area contributed by atoms with Gasteiger partial charge in [0.1, 0.15) is 0 Å². The second kappa shape index (κ2) is 4.60. The van der Waals surface area contributed by atoms with Crippen LogP contribution in [0.1, 0.15) is 18.1 Å². The summed E-state index contributed by atoms with van der Waals surface area (Å²) in [6.07, 6.45) is -0.0238. The highest BCUT2D eigenvalue weighted by molar-refractivity contribution is 9.10. The van der Waals surface area contributed by atoms with E-state index in [1.54, 1.807) is 12.1 Å². The third kappa shape index (κ3) is 2.69. The maximum atomic E-state index is 9.62. The van der Waals surface area contributed by atoms with Gasteiger partial charge in [0.05, 0.1) is 6.10 Å². The summed E-state index contributed by atoms with van der Waals surface area (Å²) < 4.78 is 0.911. The van der Waals surface area contributed by atoms with Gasteiger partial charge in [-0.15, -0.1) is 0 Å². The maximum Gasteiger partial charge on any atom is 0.0821 e. The largest absolute Gasteiger partial charge is 0.398 e. The Labute approximate surface area is 85.9 Å². The molecule has 13 heavy (non-hydrogen) atoms. The van der Waals surface area contributed by atoms with E-state index in [-0.39, 0.29) is 0 Å². The van der Waals surface area contributed by atoms with Crippen molar-refractivity contribution in [3.63, 3.8) is 0 Å². The second-order valence-electron chi connectivity index (χ2n) is 2.87. The average molecular weight is 245 g/mol. The van der Waals surface area contributed by atoms with Crippen LogP contribution in [0.4, 0.5) is 5.69 Å². The fourth-order valence-corrected chi connectivity index (χ4v) is 1.54. The third-order valence-electron chi connectivity index (χ3n) is 1.85. The van der Waals surface area contributed by atoms with Crippen LogP contribution in [-0.2, 0) is 0 Å². The predicted molar refractivity (Wildman–Crippen MR) is 57.2 cm³/mol. The molecule has 0 bridgehead atoms. The minimum absolute atomic E-state index is 0.455. The van der Waals surface area contributed by atoms with E-state index < -0.39 is 6.10 Å². The topological polar surface area (TPSA) is 72.3 Å². The normalized spacial score (nSPS) is 12.8. The van der Waals surface area contributed by atoms with Crippen LogP contribution in [0, 0.1) is 0 Å². The molecule has 0 aliphatic heterocycles. The van der Waals surface area contributed by atoms with Crippen LogP contribution in [0.15, 0.2) is 22.7 Å². The fraction of sp³-hybridized carbons (Fsp3) is 0.333. The molecule has 0 fully saturated rings. The first-order valence-corrected chi connectivity index (χ1v) is 4.87. The lowest BCUT2D eigenvalue weighted by Crippen LogP contribution is -2.08. The van der Waals surface area contributed by atoms with Gasteiger partial charge in [-0.1, -0.05) is 22.0 Å². The number of nitrogens with two attached hydrogens (primary N) is 2. The van der Waals surface area contributed by atoms with Gasteiger partial charge in [-0.3, -0.25) is 0 Å². The van der Waals surface area contributed by atoms with E-state index in [1.165, 1.54) is 0 Å². The van der Waals surface area contributed by atoms with Crippen LogP contribution >= 0.6 is 15.9 Å². The molecule has 0 saturated carbocycles. The highest BCUT2D eigenvalue weighted by atomic mass is 79.9. The molecule has 5 N–H and O–H groups in total. The van der Waals surface area contributed by atoms with Crippen molar-refractivity contribution in [3.05, 3.63) is 28.2 Å². The first-order valence-electron chi connectivity index (χ1n) is 4.08. The Hall–Kier alpha value is -0.580. The van der Waals surface area contributed by atoms with Gasteiger partial charge < -0.3 is 16.6 Å². The van der Waals surface area contributed by atoms with Crippen molar-refractivity contribution in [1.29, 1.82) is 0 Å². The number of anilines is 1. The van der Waals surface area contributed by atoms with Gasteiger partial charge in [0, 0.05) is 15.7 Å². The maximum absolute atomic E-state index is 9.62. The number of hydrogen-bond donors (Lipinski definition) is 3. The van der Waals surface area contributed by atoms with E-state index in [9.17, 15) is 5.11 Å². The quantitative estimate of drug-likeness (QED) is 0.705. The standard InChI is InChI=1S/C9H13BrN2O/c10-6-1-2-7(8(12)5-6)9(13)3-4-11/h1-2,5,9,13H,3-4,11-12H2. The molecule has 1 unspecified atom stereocenters. The number of benzene rings is 1. The van der Waals surface area contributed by atoms with E-state index in [0.717, 1.165) is 10.0 Å². The van der Waals surface area contributed by atoms with Crippen molar-refractivity contribution in [2.75, 3.05) is 12.3 Å². The lowest BCUT2D eigenvalue weighted by Gasteiger charge is -2.12. The second-order valence-corrected chi connectivity index (χ2v) is 3.78. The molecule has 0 heterocycles. The van der Waals surface area contributed by atoms with Crippen LogP contribution in [-0.4, -0.2) is 11.7 Å². The summed E-state index contributed by atoms with van der Waals surface area (Å²) in [5.41, 5.74) is 12.4. The fourth-order valence-electron chi connectivity index (χ4n) is 1.16.